The fourth-order valence-electron chi connectivity index (χ4n) is 4.23. The topological polar surface area (TPSA) is 211 Å². The Balaban J connectivity index is 1.88. The quantitative estimate of drug-likeness (QED) is 0.116. The van der Waals surface area contributed by atoms with Gasteiger partial charge in [0, 0.05) is 23.2 Å². The van der Waals surface area contributed by atoms with E-state index >= 15 is 0 Å². The Morgan fingerprint density at radius 1 is 1.05 bits per heavy atom. The van der Waals surface area contributed by atoms with Gasteiger partial charge in [0.15, 0.2) is 0 Å². The smallest absolute Gasteiger partial charge is 0.249 e. The van der Waals surface area contributed by atoms with Gasteiger partial charge in [-0.2, -0.15) is 0 Å². The third-order valence-electron chi connectivity index (χ3n) is 7.00. The van der Waals surface area contributed by atoms with Crippen molar-refractivity contribution in [2.75, 3.05) is 0 Å². The van der Waals surface area contributed by atoms with E-state index < -0.39 is 23.3 Å². The monoisotopic (exact) mass is 544 g/mol. The molecule has 0 saturated carbocycles. The van der Waals surface area contributed by atoms with Crippen LogP contribution in [0.3, 0.4) is 0 Å². The summed E-state index contributed by atoms with van der Waals surface area (Å²) in [5, 5.41) is 42.4. The van der Waals surface area contributed by atoms with Crippen molar-refractivity contribution >= 4 is 28.7 Å². The summed E-state index contributed by atoms with van der Waals surface area (Å²) in [6, 6.07) is 12.9. The zero-order chi connectivity index (χ0) is 29.4. The summed E-state index contributed by atoms with van der Waals surface area (Å²) in [7, 11) is 0. The van der Waals surface area contributed by atoms with E-state index in [9.17, 15) is 24.9 Å². The van der Waals surface area contributed by atoms with Gasteiger partial charge in [-0.05, 0) is 73.9 Å². The van der Waals surface area contributed by atoms with Crippen molar-refractivity contribution in [3.8, 4) is 34.0 Å². The maximum Gasteiger partial charge on any atom is 0.249 e. The number of aliphatic hydroxyl groups excluding tert-OH is 1. The maximum absolute atomic E-state index is 12.4. The molecular formula is C29H32N6O5. The van der Waals surface area contributed by atoms with Crippen molar-refractivity contribution in [2.45, 2.75) is 45.3 Å². The van der Waals surface area contributed by atoms with Crippen LogP contribution in [0, 0.1) is 5.41 Å². The number of phenolic OH excluding ortho intramolecular Hbond substituents is 2. The van der Waals surface area contributed by atoms with Crippen LogP contribution in [0.5, 0.6) is 11.5 Å². The van der Waals surface area contributed by atoms with Gasteiger partial charge in [-0.25, -0.2) is 4.98 Å². The van der Waals surface area contributed by atoms with E-state index in [4.69, 9.17) is 16.9 Å². The number of phenols is 2. The highest BCUT2D eigenvalue weighted by molar-refractivity contribution is 5.98. The number of amidine groups is 1. The van der Waals surface area contributed by atoms with Crippen LogP contribution in [0.4, 0.5) is 0 Å². The highest BCUT2D eigenvalue weighted by atomic mass is 16.3. The van der Waals surface area contributed by atoms with Gasteiger partial charge in [-0.15, -0.1) is 0 Å². The number of aromatic nitrogens is 2. The number of primary amides is 1. The molecule has 4 rings (SSSR count). The lowest BCUT2D eigenvalue weighted by Gasteiger charge is -2.24. The predicted molar refractivity (Wildman–Crippen MR) is 152 cm³/mol. The number of fused-ring (bicyclic) bond motifs is 1. The molecule has 0 saturated heterocycles. The molecule has 208 valence electrons. The molecule has 0 aliphatic rings. The van der Waals surface area contributed by atoms with Crippen LogP contribution in [0.15, 0.2) is 48.5 Å². The highest BCUT2D eigenvalue weighted by Gasteiger charge is 2.30. The summed E-state index contributed by atoms with van der Waals surface area (Å²) in [4.78, 5) is 32.2. The van der Waals surface area contributed by atoms with E-state index in [0.29, 0.717) is 27.7 Å². The fraction of sp³-hybridized carbons (Fsp3) is 0.241. The molecule has 11 heteroatoms. The summed E-state index contributed by atoms with van der Waals surface area (Å²) in [5.41, 5.74) is 13.6. The summed E-state index contributed by atoms with van der Waals surface area (Å²) < 4.78 is 0. The highest BCUT2D eigenvalue weighted by Crippen LogP contribution is 2.44. The molecule has 0 aliphatic heterocycles. The van der Waals surface area contributed by atoms with E-state index in [1.807, 2.05) is 0 Å². The number of nitrogens with two attached hydrogens (primary N) is 2. The second-order valence-corrected chi connectivity index (χ2v) is 10.1. The van der Waals surface area contributed by atoms with Crippen molar-refractivity contribution < 1.29 is 24.9 Å². The van der Waals surface area contributed by atoms with Crippen molar-refractivity contribution in [3.63, 3.8) is 0 Å². The van der Waals surface area contributed by atoms with Gasteiger partial charge in [0.05, 0.1) is 22.0 Å². The van der Waals surface area contributed by atoms with E-state index in [1.165, 1.54) is 6.07 Å². The van der Waals surface area contributed by atoms with Crippen molar-refractivity contribution in [2.24, 2.45) is 11.5 Å². The second kappa shape index (κ2) is 10.7. The molecule has 2 amide bonds. The van der Waals surface area contributed by atoms with Gasteiger partial charge in [-0.1, -0.05) is 13.0 Å². The van der Waals surface area contributed by atoms with E-state index in [1.54, 1.807) is 63.2 Å². The average molecular weight is 545 g/mol. The van der Waals surface area contributed by atoms with Gasteiger partial charge < -0.3 is 37.1 Å². The van der Waals surface area contributed by atoms with Crippen LogP contribution in [-0.4, -0.2) is 49.0 Å². The SMILES string of the molecule is CC[C@@H](O)C(=O)NCc1ccc(O)c(-c2cc(C(C)(C)C(N)=O)cc(-c3nc4ccc(C(=N)N)cc4[nH]3)c2O)c1. The van der Waals surface area contributed by atoms with Crippen LogP contribution in [0.1, 0.15) is 43.9 Å². The molecule has 0 aliphatic carbocycles. The number of benzene rings is 3. The number of nitrogen functional groups attached to an aromatic ring is 1. The predicted octanol–water partition coefficient (Wildman–Crippen LogP) is 2.74. The minimum atomic E-state index is -1.15. The first kappa shape index (κ1) is 28.1. The normalized spacial score (nSPS) is 12.3. The van der Waals surface area contributed by atoms with Crippen LogP contribution in [0.25, 0.3) is 33.5 Å². The third-order valence-corrected chi connectivity index (χ3v) is 7.00. The first-order valence-corrected chi connectivity index (χ1v) is 12.6. The van der Waals surface area contributed by atoms with Gasteiger partial charge in [0.25, 0.3) is 0 Å². The molecule has 0 unspecified atom stereocenters. The number of carbonyl (C=O) groups excluding carboxylic acids is 2. The Bertz CT molecular complexity index is 1640. The minimum absolute atomic E-state index is 0.0747. The Kier molecular flexibility index (Phi) is 7.52. The molecule has 1 atom stereocenters. The Morgan fingerprint density at radius 2 is 1.75 bits per heavy atom. The van der Waals surface area contributed by atoms with Crippen molar-refractivity contribution in [3.05, 3.63) is 65.2 Å². The summed E-state index contributed by atoms with van der Waals surface area (Å²) in [6.07, 6.45) is -0.866. The molecule has 0 bridgehead atoms. The average Bonchev–Trinajstić information content (AvgIpc) is 3.35. The molecule has 0 fully saturated rings. The lowest BCUT2D eigenvalue weighted by molar-refractivity contribution is -0.129. The summed E-state index contributed by atoms with van der Waals surface area (Å²) in [5.74, 6) is -1.30. The molecule has 40 heavy (non-hydrogen) atoms. The Labute approximate surface area is 230 Å². The van der Waals surface area contributed by atoms with Gasteiger partial charge in [-0.3, -0.25) is 15.0 Å². The number of H-pyrrole nitrogens is 1. The number of nitrogens with zero attached hydrogens (tertiary/aromatic N) is 1. The number of aromatic amines is 1. The molecule has 10 N–H and O–H groups in total. The lowest BCUT2D eigenvalue weighted by atomic mass is 9.81. The van der Waals surface area contributed by atoms with Gasteiger partial charge in [0.1, 0.15) is 29.3 Å². The van der Waals surface area contributed by atoms with Crippen molar-refractivity contribution in [1.29, 1.82) is 5.41 Å². The van der Waals surface area contributed by atoms with Crippen LogP contribution in [0.2, 0.25) is 0 Å². The third kappa shape index (κ3) is 5.32. The number of rotatable bonds is 9. The number of nitrogens with one attached hydrogen (secondary N) is 3. The molecule has 1 heterocycles. The van der Waals surface area contributed by atoms with Gasteiger partial charge >= 0.3 is 0 Å². The second-order valence-electron chi connectivity index (χ2n) is 10.1. The van der Waals surface area contributed by atoms with Gasteiger partial charge in [0.2, 0.25) is 11.8 Å². The first-order valence-electron chi connectivity index (χ1n) is 12.6. The zero-order valence-electron chi connectivity index (χ0n) is 22.4. The minimum Gasteiger partial charge on any atom is -0.507 e. The molecule has 3 aromatic carbocycles. The number of aromatic hydroxyl groups is 2. The molecule has 0 radical (unpaired) electrons. The number of amides is 2. The number of hydrogen-bond donors (Lipinski definition) is 8. The van der Waals surface area contributed by atoms with Crippen LogP contribution in [-0.2, 0) is 21.5 Å². The molecule has 0 spiro atoms. The molecule has 1 aromatic heterocycles. The summed E-state index contributed by atoms with van der Waals surface area (Å²) in [6.45, 7) is 5.06. The van der Waals surface area contributed by atoms with E-state index in [2.05, 4.69) is 15.3 Å². The fourth-order valence-corrected chi connectivity index (χ4v) is 4.23. The lowest BCUT2D eigenvalue weighted by Crippen LogP contribution is -2.35. The van der Waals surface area contributed by atoms with Crippen LogP contribution >= 0.6 is 0 Å². The van der Waals surface area contributed by atoms with E-state index in [-0.39, 0.29) is 52.8 Å². The van der Waals surface area contributed by atoms with Crippen LogP contribution < -0.4 is 16.8 Å². The number of carbonyl (C=O) groups is 2. The number of aliphatic hydroxyl groups is 1. The number of imidazole rings is 1. The number of hydrogen-bond acceptors (Lipinski definition) is 7. The van der Waals surface area contributed by atoms with Crippen molar-refractivity contribution in [1.82, 2.24) is 15.3 Å². The first-order chi connectivity index (χ1) is 18.8. The zero-order valence-corrected chi connectivity index (χ0v) is 22.4. The molecule has 4 aromatic rings. The summed E-state index contributed by atoms with van der Waals surface area (Å²) >= 11 is 0. The maximum atomic E-state index is 12.4. The molecule has 11 nitrogen and oxygen atoms in total. The molecular weight excluding hydrogens is 512 g/mol. The Hall–Kier alpha value is -4.90. The Morgan fingerprint density at radius 3 is 2.40 bits per heavy atom. The van der Waals surface area contributed by atoms with E-state index in [0.717, 1.165) is 0 Å². The standard InChI is InChI=1S/C29H32N6O5/c1-4-22(36)27(39)33-13-14-5-8-23(37)17(9-14)18-11-16(29(2,3)28(32)40)12-19(24(18)38)26-34-20-7-6-15(25(30)31)10-21(20)35-26/h5-12,22,36-38H,4,13H2,1-3H3,(H3,30,31)(H2,32,40)(H,33,39)(H,34,35)/t22-/m1/s1. The largest absolute Gasteiger partial charge is 0.507 e.